The molecule has 0 fully saturated rings. The normalized spacial score (nSPS) is 9.88. The molecule has 0 unspecified atom stereocenters. The van der Waals surface area contributed by atoms with Crippen LogP contribution in [0.2, 0.25) is 0 Å². The van der Waals surface area contributed by atoms with Gasteiger partial charge in [-0.25, -0.2) is 9.59 Å². The lowest BCUT2D eigenvalue weighted by atomic mass is 10.2. The van der Waals surface area contributed by atoms with Crippen LogP contribution >= 0.6 is 0 Å². The van der Waals surface area contributed by atoms with Crippen molar-refractivity contribution < 1.29 is 28.7 Å². The number of hydrogen-bond donors (Lipinski definition) is 0. The molecule has 124 valence electrons. The topological polar surface area (TPSA) is 105 Å². The zero-order chi connectivity index (χ0) is 17.5. The molecule has 0 N–H and O–H groups in total. The van der Waals surface area contributed by atoms with E-state index in [0.717, 1.165) is 6.07 Å². The van der Waals surface area contributed by atoms with E-state index in [1.165, 1.54) is 19.2 Å². The van der Waals surface area contributed by atoms with Gasteiger partial charge in [-0.15, -0.1) is 0 Å². The number of nitrogens with zero attached hydrogens (tertiary/aromatic N) is 1. The van der Waals surface area contributed by atoms with E-state index in [9.17, 15) is 19.7 Å². The molecule has 8 nitrogen and oxygen atoms in total. The summed E-state index contributed by atoms with van der Waals surface area (Å²) in [6.45, 7) is -0.472. The van der Waals surface area contributed by atoms with Gasteiger partial charge in [-0.1, -0.05) is 18.2 Å². The highest BCUT2D eigenvalue weighted by Gasteiger charge is 2.19. The van der Waals surface area contributed by atoms with Crippen LogP contribution in [0.1, 0.15) is 10.4 Å². The maximum absolute atomic E-state index is 11.9. The van der Waals surface area contributed by atoms with E-state index in [-0.39, 0.29) is 11.5 Å². The first kappa shape index (κ1) is 16.9. The summed E-state index contributed by atoms with van der Waals surface area (Å²) in [7, 11) is 1.17. The summed E-state index contributed by atoms with van der Waals surface area (Å²) in [4.78, 5) is 33.4. The number of rotatable bonds is 6. The zero-order valence-electron chi connectivity index (χ0n) is 12.6. The quantitative estimate of drug-likeness (QED) is 0.346. The van der Waals surface area contributed by atoms with Gasteiger partial charge in [0.05, 0.1) is 23.7 Å². The molecule has 0 aliphatic heterocycles. The second kappa shape index (κ2) is 7.73. The van der Waals surface area contributed by atoms with Crippen LogP contribution in [0.5, 0.6) is 11.5 Å². The zero-order valence-corrected chi connectivity index (χ0v) is 12.6. The highest BCUT2D eigenvalue weighted by Crippen LogP contribution is 2.31. The smallest absolute Gasteiger partial charge is 0.343 e. The number of esters is 2. The van der Waals surface area contributed by atoms with E-state index in [2.05, 4.69) is 4.74 Å². The highest BCUT2D eigenvalue weighted by atomic mass is 16.6. The lowest BCUT2D eigenvalue weighted by molar-refractivity contribution is -0.385. The van der Waals surface area contributed by atoms with E-state index < -0.39 is 29.2 Å². The standard InChI is InChI=1S/C16H13NO7/c1-22-15(18)10-23-14-8-7-12(9-13(14)17(20)21)24-16(19)11-5-3-2-4-6-11/h2-9H,10H2,1H3. The summed E-state index contributed by atoms with van der Waals surface area (Å²) in [5.41, 5.74) is -0.122. The van der Waals surface area contributed by atoms with Crippen molar-refractivity contribution in [1.82, 2.24) is 0 Å². The molecule has 0 aliphatic carbocycles. The number of carbonyl (C=O) groups is 2. The van der Waals surface area contributed by atoms with Gasteiger partial charge < -0.3 is 14.2 Å². The van der Waals surface area contributed by atoms with Crippen LogP contribution in [0.3, 0.4) is 0 Å². The number of benzene rings is 2. The molecule has 24 heavy (non-hydrogen) atoms. The molecule has 8 heteroatoms. The van der Waals surface area contributed by atoms with Gasteiger partial charge in [0.1, 0.15) is 5.75 Å². The average molecular weight is 331 g/mol. The van der Waals surface area contributed by atoms with Crippen LogP contribution in [0.25, 0.3) is 0 Å². The molecule has 0 saturated heterocycles. The maximum atomic E-state index is 11.9. The number of methoxy groups -OCH3 is 1. The molecule has 0 atom stereocenters. The predicted molar refractivity (Wildman–Crippen MR) is 82.0 cm³/mol. The SMILES string of the molecule is COC(=O)COc1ccc(OC(=O)c2ccccc2)cc1[N+](=O)[O-]. The van der Waals surface area contributed by atoms with Crippen LogP contribution in [0.15, 0.2) is 48.5 Å². The summed E-state index contributed by atoms with van der Waals surface area (Å²) in [5, 5.41) is 11.1. The first-order valence-electron chi connectivity index (χ1n) is 6.76. The van der Waals surface area contributed by atoms with Crippen molar-refractivity contribution in [2.75, 3.05) is 13.7 Å². The van der Waals surface area contributed by atoms with Gasteiger partial charge in [-0.3, -0.25) is 10.1 Å². The van der Waals surface area contributed by atoms with Crippen LogP contribution in [0, 0.1) is 10.1 Å². The Labute approximate surface area is 136 Å². The van der Waals surface area contributed by atoms with Crippen LogP contribution in [-0.4, -0.2) is 30.6 Å². The molecule has 0 saturated carbocycles. The molecule has 0 spiro atoms. The van der Waals surface area contributed by atoms with Gasteiger partial charge in [-0.2, -0.15) is 0 Å². The molecule has 0 heterocycles. The highest BCUT2D eigenvalue weighted by molar-refractivity contribution is 5.91. The fourth-order valence-electron chi connectivity index (χ4n) is 1.76. The Kier molecular flexibility index (Phi) is 5.45. The Morgan fingerprint density at radius 2 is 1.83 bits per heavy atom. The number of ether oxygens (including phenoxy) is 3. The Balaban J connectivity index is 2.17. The Morgan fingerprint density at radius 3 is 2.46 bits per heavy atom. The van der Waals surface area contributed by atoms with E-state index in [1.54, 1.807) is 30.3 Å². The van der Waals surface area contributed by atoms with Gasteiger partial charge in [0.15, 0.2) is 12.4 Å². The lowest BCUT2D eigenvalue weighted by Crippen LogP contribution is -2.13. The van der Waals surface area contributed by atoms with Gasteiger partial charge in [0.25, 0.3) is 0 Å². The van der Waals surface area contributed by atoms with Gasteiger partial charge in [-0.05, 0) is 24.3 Å². The second-order valence-electron chi connectivity index (χ2n) is 4.51. The summed E-state index contributed by atoms with van der Waals surface area (Å²) in [5.74, 6) is -1.47. The Hall–Kier alpha value is -3.42. The van der Waals surface area contributed by atoms with Crippen molar-refractivity contribution in [2.45, 2.75) is 0 Å². The van der Waals surface area contributed by atoms with E-state index in [0.29, 0.717) is 5.56 Å². The maximum Gasteiger partial charge on any atom is 0.343 e. The lowest BCUT2D eigenvalue weighted by Gasteiger charge is -2.08. The molecule has 0 radical (unpaired) electrons. The molecular formula is C16H13NO7. The van der Waals surface area contributed by atoms with Crippen LogP contribution < -0.4 is 9.47 Å². The van der Waals surface area contributed by atoms with Crippen molar-refractivity contribution in [3.8, 4) is 11.5 Å². The van der Waals surface area contributed by atoms with E-state index in [1.807, 2.05) is 0 Å². The second-order valence-corrected chi connectivity index (χ2v) is 4.51. The number of carbonyl (C=O) groups excluding carboxylic acids is 2. The van der Waals surface area contributed by atoms with Gasteiger partial charge in [0, 0.05) is 0 Å². The van der Waals surface area contributed by atoms with E-state index >= 15 is 0 Å². The third kappa shape index (κ3) is 4.29. The van der Waals surface area contributed by atoms with Crippen LogP contribution in [-0.2, 0) is 9.53 Å². The molecule has 0 aromatic heterocycles. The summed E-state index contributed by atoms with van der Waals surface area (Å²) in [6.07, 6.45) is 0. The Bertz CT molecular complexity index is 758. The van der Waals surface area contributed by atoms with Crippen molar-refractivity contribution in [1.29, 1.82) is 0 Å². The third-order valence-electron chi connectivity index (χ3n) is 2.92. The molecule has 0 amide bonds. The van der Waals surface area contributed by atoms with Crippen molar-refractivity contribution >= 4 is 17.6 Å². The minimum Gasteiger partial charge on any atom is -0.475 e. The summed E-state index contributed by atoms with van der Waals surface area (Å²) < 4.78 is 14.5. The Morgan fingerprint density at radius 1 is 1.12 bits per heavy atom. The molecular weight excluding hydrogens is 318 g/mol. The number of nitro groups is 1. The van der Waals surface area contributed by atoms with E-state index in [4.69, 9.17) is 9.47 Å². The van der Waals surface area contributed by atoms with Gasteiger partial charge >= 0.3 is 17.6 Å². The van der Waals surface area contributed by atoms with Crippen molar-refractivity contribution in [2.24, 2.45) is 0 Å². The minimum absolute atomic E-state index is 0.0130. The molecule has 0 aliphatic rings. The predicted octanol–water partition coefficient (Wildman–Crippen LogP) is 2.37. The molecule has 2 aromatic rings. The van der Waals surface area contributed by atoms with Crippen molar-refractivity contribution in [3.63, 3.8) is 0 Å². The fourth-order valence-corrected chi connectivity index (χ4v) is 1.76. The monoisotopic (exact) mass is 331 g/mol. The third-order valence-corrected chi connectivity index (χ3v) is 2.92. The van der Waals surface area contributed by atoms with Crippen molar-refractivity contribution in [3.05, 3.63) is 64.2 Å². The molecule has 2 aromatic carbocycles. The minimum atomic E-state index is -0.702. The number of hydrogen-bond acceptors (Lipinski definition) is 7. The largest absolute Gasteiger partial charge is 0.475 e. The fraction of sp³-hybridized carbons (Fsp3) is 0.125. The van der Waals surface area contributed by atoms with Gasteiger partial charge in [0.2, 0.25) is 0 Å². The molecule has 0 bridgehead atoms. The molecule has 2 rings (SSSR count). The summed E-state index contributed by atoms with van der Waals surface area (Å²) in [6, 6.07) is 11.8. The first-order chi connectivity index (χ1) is 11.5. The first-order valence-corrected chi connectivity index (χ1v) is 6.76. The average Bonchev–Trinajstić information content (AvgIpc) is 2.60. The van der Waals surface area contributed by atoms with Crippen LogP contribution in [0.4, 0.5) is 5.69 Å². The summed E-state index contributed by atoms with van der Waals surface area (Å²) >= 11 is 0. The number of nitro benzene ring substituents is 1.